The van der Waals surface area contributed by atoms with Crippen molar-refractivity contribution in [1.82, 2.24) is 10.2 Å². The first-order valence-corrected chi connectivity index (χ1v) is 8.56. The van der Waals surface area contributed by atoms with Crippen LogP contribution in [0.25, 0.3) is 11.5 Å². The Balaban J connectivity index is 1.46. The summed E-state index contributed by atoms with van der Waals surface area (Å²) in [6, 6.07) is 13.0. The second-order valence-corrected chi connectivity index (χ2v) is 6.65. The highest BCUT2D eigenvalue weighted by molar-refractivity contribution is 7.14. The summed E-state index contributed by atoms with van der Waals surface area (Å²) in [5, 5.41) is 7.77. The molecule has 128 valence electrons. The number of carbonyl (C=O) groups excluding carboxylic acids is 2. The molecule has 6 nitrogen and oxygen atoms in total. The molecule has 0 unspecified atom stereocenters. The molecule has 25 heavy (non-hydrogen) atoms. The van der Waals surface area contributed by atoms with E-state index in [4.69, 9.17) is 9.15 Å². The monoisotopic (exact) mass is 356 g/mol. The normalized spacial score (nSPS) is 10.6. The van der Waals surface area contributed by atoms with Gasteiger partial charge in [0.2, 0.25) is 5.89 Å². The molecule has 2 aromatic heterocycles. The van der Waals surface area contributed by atoms with Crippen LogP contribution in [0.1, 0.15) is 33.3 Å². The Morgan fingerprint density at radius 3 is 2.60 bits per heavy atom. The zero-order chi connectivity index (χ0) is 17.6. The van der Waals surface area contributed by atoms with Crippen molar-refractivity contribution in [3.63, 3.8) is 0 Å². The van der Waals surface area contributed by atoms with Crippen molar-refractivity contribution in [2.75, 3.05) is 0 Å². The second kappa shape index (κ2) is 7.85. The number of hydrogen-bond acceptors (Lipinski definition) is 7. The van der Waals surface area contributed by atoms with E-state index >= 15 is 0 Å². The van der Waals surface area contributed by atoms with Crippen molar-refractivity contribution in [2.45, 2.75) is 26.4 Å². The fraction of sp³-hybridized carbons (Fsp3) is 0.222. The molecule has 0 bridgehead atoms. The number of ketones is 1. The van der Waals surface area contributed by atoms with E-state index in [2.05, 4.69) is 10.2 Å². The minimum atomic E-state index is -0.471. The van der Waals surface area contributed by atoms with Gasteiger partial charge in [0, 0.05) is 16.9 Å². The molecule has 3 rings (SSSR count). The number of carbonyl (C=O) groups is 2. The van der Waals surface area contributed by atoms with Crippen LogP contribution in [0.15, 0.2) is 46.9 Å². The molecule has 7 heteroatoms. The van der Waals surface area contributed by atoms with Gasteiger partial charge in [-0.2, -0.15) is 0 Å². The Hall–Kier alpha value is -2.80. The summed E-state index contributed by atoms with van der Waals surface area (Å²) in [4.78, 5) is 25.5. The van der Waals surface area contributed by atoms with Crippen LogP contribution in [-0.4, -0.2) is 21.9 Å². The van der Waals surface area contributed by atoms with Gasteiger partial charge in [0.25, 0.3) is 5.89 Å². The minimum absolute atomic E-state index is 0.0233. The van der Waals surface area contributed by atoms with Crippen molar-refractivity contribution in [1.29, 1.82) is 0 Å². The predicted octanol–water partition coefficient (Wildman–Crippen LogP) is 3.81. The van der Waals surface area contributed by atoms with E-state index in [9.17, 15) is 9.59 Å². The highest BCUT2D eigenvalue weighted by Crippen LogP contribution is 2.19. The average Bonchev–Trinajstić information content (AvgIpc) is 3.28. The van der Waals surface area contributed by atoms with Gasteiger partial charge < -0.3 is 9.15 Å². The summed E-state index contributed by atoms with van der Waals surface area (Å²) in [5.74, 6) is 0.0580. The minimum Gasteiger partial charge on any atom is -0.456 e. The largest absolute Gasteiger partial charge is 0.456 e. The topological polar surface area (TPSA) is 82.3 Å². The summed E-state index contributed by atoms with van der Waals surface area (Å²) >= 11 is 1.42. The molecule has 0 spiro atoms. The van der Waals surface area contributed by atoms with Gasteiger partial charge >= 0.3 is 5.97 Å². The molecular formula is C18H16N2O4S. The SMILES string of the molecule is Cc1ccc(C(=O)CCC(=O)OCc2nnc(-c3ccccc3)o2)s1. The van der Waals surface area contributed by atoms with Crippen LogP contribution in [-0.2, 0) is 16.1 Å². The van der Waals surface area contributed by atoms with Crippen molar-refractivity contribution in [2.24, 2.45) is 0 Å². The van der Waals surface area contributed by atoms with Gasteiger partial charge in [-0.05, 0) is 31.2 Å². The fourth-order valence-electron chi connectivity index (χ4n) is 2.15. The van der Waals surface area contributed by atoms with Crippen LogP contribution in [0.3, 0.4) is 0 Å². The molecule has 0 aliphatic heterocycles. The highest BCUT2D eigenvalue weighted by Gasteiger charge is 2.14. The summed E-state index contributed by atoms with van der Waals surface area (Å²) in [6.07, 6.45) is 0.146. The lowest BCUT2D eigenvalue weighted by molar-refractivity contribution is -0.145. The standard InChI is InChI=1S/C18H16N2O4S/c1-12-7-9-15(25-12)14(21)8-10-17(22)23-11-16-19-20-18(24-16)13-5-3-2-4-6-13/h2-7,9H,8,10-11H2,1H3. The number of aromatic nitrogens is 2. The zero-order valence-electron chi connectivity index (χ0n) is 13.6. The number of Topliss-reactive ketones (excluding diaryl/α,β-unsaturated/α-hetero) is 1. The number of aryl methyl sites for hydroxylation is 1. The molecule has 0 saturated heterocycles. The first kappa shape index (κ1) is 17.0. The van der Waals surface area contributed by atoms with Gasteiger partial charge in [0.05, 0.1) is 11.3 Å². The predicted molar refractivity (Wildman–Crippen MR) is 92.2 cm³/mol. The Labute approximate surface area is 148 Å². The molecule has 3 aromatic rings. The third kappa shape index (κ3) is 4.60. The first-order chi connectivity index (χ1) is 12.1. The van der Waals surface area contributed by atoms with Gasteiger partial charge in [0.1, 0.15) is 0 Å². The molecular weight excluding hydrogens is 340 g/mol. The third-order valence-corrected chi connectivity index (χ3v) is 4.46. The summed E-state index contributed by atoms with van der Waals surface area (Å²) < 4.78 is 10.5. The molecule has 0 aliphatic carbocycles. The van der Waals surface area contributed by atoms with Gasteiger partial charge in [-0.25, -0.2) is 0 Å². The van der Waals surface area contributed by atoms with E-state index in [1.807, 2.05) is 43.3 Å². The maximum absolute atomic E-state index is 12.0. The molecule has 2 heterocycles. The maximum Gasteiger partial charge on any atom is 0.306 e. The van der Waals surface area contributed by atoms with Crippen LogP contribution in [0.4, 0.5) is 0 Å². The molecule has 0 N–H and O–H groups in total. The third-order valence-electron chi connectivity index (χ3n) is 3.42. The van der Waals surface area contributed by atoms with Crippen LogP contribution in [0.5, 0.6) is 0 Å². The first-order valence-electron chi connectivity index (χ1n) is 7.75. The Morgan fingerprint density at radius 1 is 1.08 bits per heavy atom. The molecule has 0 atom stereocenters. The van der Waals surface area contributed by atoms with Crippen molar-refractivity contribution >= 4 is 23.1 Å². The van der Waals surface area contributed by atoms with E-state index in [-0.39, 0.29) is 31.1 Å². The van der Waals surface area contributed by atoms with Gasteiger partial charge in [-0.3, -0.25) is 9.59 Å². The average molecular weight is 356 g/mol. The van der Waals surface area contributed by atoms with Crippen LogP contribution in [0, 0.1) is 6.92 Å². The lowest BCUT2D eigenvalue weighted by Gasteiger charge is -2.01. The number of benzene rings is 1. The number of hydrogen-bond donors (Lipinski definition) is 0. The Morgan fingerprint density at radius 2 is 1.88 bits per heavy atom. The summed E-state index contributed by atoms with van der Waals surface area (Å²) in [7, 11) is 0. The number of nitrogens with zero attached hydrogens (tertiary/aromatic N) is 2. The lowest BCUT2D eigenvalue weighted by Crippen LogP contribution is -2.07. The summed E-state index contributed by atoms with van der Waals surface area (Å²) in [6.45, 7) is 1.83. The fourth-order valence-corrected chi connectivity index (χ4v) is 2.98. The number of thiophene rings is 1. The smallest absolute Gasteiger partial charge is 0.306 e. The van der Waals surface area contributed by atoms with E-state index < -0.39 is 5.97 Å². The van der Waals surface area contributed by atoms with Crippen LogP contribution in [0.2, 0.25) is 0 Å². The van der Waals surface area contributed by atoms with Crippen LogP contribution >= 0.6 is 11.3 Å². The van der Waals surface area contributed by atoms with Crippen molar-refractivity contribution in [3.8, 4) is 11.5 Å². The Kier molecular flexibility index (Phi) is 5.35. The van der Waals surface area contributed by atoms with E-state index in [1.165, 1.54) is 11.3 Å². The molecule has 0 radical (unpaired) electrons. The van der Waals surface area contributed by atoms with E-state index in [0.29, 0.717) is 10.8 Å². The van der Waals surface area contributed by atoms with Crippen molar-refractivity contribution in [3.05, 3.63) is 58.1 Å². The van der Waals surface area contributed by atoms with Gasteiger partial charge in [-0.15, -0.1) is 21.5 Å². The molecule has 0 fully saturated rings. The second-order valence-electron chi connectivity index (χ2n) is 5.36. The highest BCUT2D eigenvalue weighted by atomic mass is 32.1. The van der Waals surface area contributed by atoms with Gasteiger partial charge in [0.15, 0.2) is 12.4 Å². The lowest BCUT2D eigenvalue weighted by atomic mass is 10.2. The molecule has 0 aliphatic rings. The maximum atomic E-state index is 12.0. The van der Waals surface area contributed by atoms with Crippen LogP contribution < -0.4 is 0 Å². The number of ether oxygens (including phenoxy) is 1. The molecule has 0 saturated carbocycles. The van der Waals surface area contributed by atoms with E-state index in [0.717, 1.165) is 10.4 Å². The zero-order valence-corrected chi connectivity index (χ0v) is 14.4. The summed E-state index contributed by atoms with van der Waals surface area (Å²) in [5.41, 5.74) is 0.796. The van der Waals surface area contributed by atoms with E-state index in [1.54, 1.807) is 6.07 Å². The number of rotatable bonds is 7. The molecule has 0 amide bonds. The van der Waals surface area contributed by atoms with Crippen molar-refractivity contribution < 1.29 is 18.7 Å². The molecule has 1 aromatic carbocycles. The quantitative estimate of drug-likeness (QED) is 0.473. The van der Waals surface area contributed by atoms with Gasteiger partial charge in [-0.1, -0.05) is 18.2 Å². The Bertz CT molecular complexity index is 870. The number of esters is 1.